The summed E-state index contributed by atoms with van der Waals surface area (Å²) in [4.78, 5) is 34.3. The lowest BCUT2D eigenvalue weighted by atomic mass is 9.85. The monoisotopic (exact) mass is 939 g/mol. The Morgan fingerprint density at radius 1 is 0.897 bits per heavy atom. The number of imidazole rings is 1. The van der Waals surface area contributed by atoms with E-state index < -0.39 is 44.9 Å². The molecular formula is C50H47F2N9O6S. The van der Waals surface area contributed by atoms with Crippen molar-refractivity contribution in [1.82, 2.24) is 42.9 Å². The van der Waals surface area contributed by atoms with Crippen LogP contribution in [0.5, 0.6) is 0 Å². The van der Waals surface area contributed by atoms with Crippen LogP contribution in [0.25, 0.3) is 38.9 Å². The van der Waals surface area contributed by atoms with Gasteiger partial charge in [-0.25, -0.2) is 31.5 Å². The predicted octanol–water partition coefficient (Wildman–Crippen LogP) is 7.94. The maximum atomic E-state index is 16.3. The summed E-state index contributed by atoms with van der Waals surface area (Å²) in [5.74, 6) is -1.01. The van der Waals surface area contributed by atoms with Gasteiger partial charge in [0.05, 0.1) is 34.2 Å². The quantitative estimate of drug-likeness (QED) is 0.159. The Hall–Kier alpha value is -6.50. The Kier molecular flexibility index (Phi) is 8.89. The van der Waals surface area contributed by atoms with Crippen molar-refractivity contribution in [2.75, 3.05) is 6.61 Å². The van der Waals surface area contributed by atoms with Gasteiger partial charge in [-0.05, 0) is 136 Å². The summed E-state index contributed by atoms with van der Waals surface area (Å²) >= 11 is 0. The fraction of sp³-hybridized carbons (Fsp3) is 0.380. The van der Waals surface area contributed by atoms with Gasteiger partial charge in [0.25, 0.3) is 10.0 Å². The number of aromatic amines is 1. The number of sulfonamides is 1. The normalized spacial score (nSPS) is 24.2. The zero-order chi connectivity index (χ0) is 46.6. The molecule has 2 bridgehead atoms. The Morgan fingerprint density at radius 2 is 1.69 bits per heavy atom. The fourth-order valence-corrected chi connectivity index (χ4v) is 14.2. The van der Waals surface area contributed by atoms with Crippen LogP contribution in [0, 0.1) is 31.4 Å². The van der Waals surface area contributed by atoms with Gasteiger partial charge in [0, 0.05) is 65.6 Å². The average Bonchev–Trinajstić information content (AvgIpc) is 3.85. The predicted molar refractivity (Wildman–Crippen MR) is 246 cm³/mol. The first-order chi connectivity index (χ1) is 32.8. The number of benzene rings is 3. The Balaban J connectivity index is 0.997. The first-order valence-electron chi connectivity index (χ1n) is 23.4. The summed E-state index contributed by atoms with van der Waals surface area (Å²) in [6, 6.07) is 14.8. The molecule has 2 saturated heterocycles. The number of halogens is 2. The highest BCUT2D eigenvalue weighted by Crippen LogP contribution is 2.58. The van der Waals surface area contributed by atoms with E-state index in [9.17, 15) is 9.59 Å². The third kappa shape index (κ3) is 5.98. The van der Waals surface area contributed by atoms with E-state index in [0.717, 1.165) is 36.6 Å². The Morgan fingerprint density at radius 3 is 2.44 bits per heavy atom. The molecule has 13 rings (SSSR count). The molecule has 8 heterocycles. The third-order valence-corrected chi connectivity index (χ3v) is 17.6. The molecule has 5 atom stereocenters. The second-order valence-corrected chi connectivity index (χ2v) is 21.6. The maximum absolute atomic E-state index is 16.3. The van der Waals surface area contributed by atoms with Crippen LogP contribution >= 0.6 is 0 Å². The molecule has 0 radical (unpaired) electrons. The number of ether oxygens (including phenoxy) is 1. The van der Waals surface area contributed by atoms with Crippen molar-refractivity contribution in [3.05, 3.63) is 146 Å². The number of hydrogen-bond donors (Lipinski definition) is 1. The van der Waals surface area contributed by atoms with E-state index in [0.29, 0.717) is 76.7 Å². The number of hydrogen-bond acceptors (Lipinski definition) is 9. The molecule has 348 valence electrons. The molecule has 15 nitrogen and oxygen atoms in total. The molecule has 2 aliphatic carbocycles. The third-order valence-electron chi connectivity index (χ3n) is 15.7. The molecule has 0 unspecified atom stereocenters. The van der Waals surface area contributed by atoms with Crippen LogP contribution in [0.15, 0.2) is 98.5 Å². The van der Waals surface area contributed by atoms with Crippen LogP contribution in [-0.4, -0.2) is 69.6 Å². The van der Waals surface area contributed by atoms with Gasteiger partial charge in [-0.3, -0.25) is 23.6 Å². The molecule has 18 heteroatoms. The summed E-state index contributed by atoms with van der Waals surface area (Å²) in [6.07, 6.45) is 12.4. The van der Waals surface area contributed by atoms with Gasteiger partial charge < -0.3 is 9.30 Å². The van der Waals surface area contributed by atoms with Crippen molar-refractivity contribution >= 4 is 31.7 Å². The van der Waals surface area contributed by atoms with Gasteiger partial charge in [0.1, 0.15) is 17.2 Å². The number of H-pyrrole nitrogens is 1. The van der Waals surface area contributed by atoms with Gasteiger partial charge in [-0.2, -0.15) is 9.40 Å². The molecule has 3 aliphatic heterocycles. The van der Waals surface area contributed by atoms with E-state index in [-0.39, 0.29) is 52.0 Å². The molecule has 8 aromatic rings. The number of nitrogens with one attached hydrogen (secondary N) is 1. The van der Waals surface area contributed by atoms with Crippen molar-refractivity contribution in [2.24, 2.45) is 5.92 Å². The number of pyridine rings is 1. The topological polar surface area (TPSA) is 168 Å². The highest BCUT2D eigenvalue weighted by Gasteiger charge is 2.60. The largest absolute Gasteiger partial charge is 0.438 e. The number of fused-ring (bicyclic) bond motifs is 6. The standard InChI is InChI=1S/C50H47F2N9O6S/c1-27-19-35(20-28(2)43(27)51)60-45(58-17-16-57(48(58)63)40-10-8-32-26-53-15-11-36(32)44(40)52)42-37(55-60)23-34-5-4-6-39(42)61(34)68(64,65)41-22-33-21-30(31-12-18-66-49(25-31)13-14-49)7-9-38(33)59(41)50(24-29(50)3)46-54-47(62)67-56-46/h7-11,15-17,19-22,26,29,31,34,39H,4-6,12-14,18,23-25H2,1-3H3,(H,54,56,62)/t29-,31-,34+,39-,50-/m0/s1. The van der Waals surface area contributed by atoms with Gasteiger partial charge >= 0.3 is 11.4 Å². The molecule has 2 saturated carbocycles. The lowest BCUT2D eigenvalue weighted by molar-refractivity contribution is -0.0132. The van der Waals surface area contributed by atoms with Crippen LogP contribution in [0.2, 0.25) is 0 Å². The molecular weight excluding hydrogens is 893 g/mol. The Bertz CT molecular complexity index is 3650. The number of piperidine rings is 1. The smallest absolute Gasteiger partial charge is 0.375 e. The molecule has 0 amide bonds. The lowest BCUT2D eigenvalue weighted by Gasteiger charge is -2.44. The molecule has 5 aromatic heterocycles. The first kappa shape index (κ1) is 41.7. The number of nitrogens with zero attached hydrogens (tertiary/aromatic N) is 8. The van der Waals surface area contributed by atoms with Crippen LogP contribution in [0.4, 0.5) is 8.78 Å². The van der Waals surface area contributed by atoms with Gasteiger partial charge in [0.15, 0.2) is 16.7 Å². The summed E-state index contributed by atoms with van der Waals surface area (Å²) in [5, 5.41) is 11.0. The first-order valence-corrected chi connectivity index (χ1v) is 24.8. The lowest BCUT2D eigenvalue weighted by Crippen LogP contribution is -2.50. The molecule has 4 fully saturated rings. The SMILES string of the molecule is Cc1cc(-n2nc3c(c2-n2ccn(-c4ccc5cnccc5c4F)c2=O)[C@@H]2CCC[C@H](C3)N2S(=O)(=O)c2cc3cc([C@H]4CCOC5(CC5)C4)ccc3n2[C@@]2(c3noc(=O)[nH]3)C[C@@H]2C)cc(C)c1F. The maximum Gasteiger partial charge on any atom is 0.438 e. The Labute approximate surface area is 388 Å². The number of aryl methyl sites for hydroxylation is 2. The highest BCUT2D eigenvalue weighted by atomic mass is 32.2. The minimum Gasteiger partial charge on any atom is -0.375 e. The minimum absolute atomic E-state index is 0.0272. The van der Waals surface area contributed by atoms with E-state index in [1.807, 2.05) is 17.6 Å². The second kappa shape index (κ2) is 14.5. The van der Waals surface area contributed by atoms with E-state index in [1.165, 1.54) is 27.6 Å². The zero-order valence-electron chi connectivity index (χ0n) is 37.6. The van der Waals surface area contributed by atoms with E-state index in [2.05, 4.69) is 27.3 Å². The second-order valence-electron chi connectivity index (χ2n) is 19.8. The molecule has 5 aliphatic rings. The van der Waals surface area contributed by atoms with Crippen molar-refractivity contribution < 1.29 is 26.5 Å². The van der Waals surface area contributed by atoms with Crippen LogP contribution in [0.1, 0.15) is 104 Å². The van der Waals surface area contributed by atoms with E-state index >= 15 is 17.2 Å². The van der Waals surface area contributed by atoms with Crippen molar-refractivity contribution in [3.63, 3.8) is 0 Å². The minimum atomic E-state index is -4.43. The number of aromatic nitrogens is 8. The summed E-state index contributed by atoms with van der Waals surface area (Å²) in [7, 11) is -4.43. The van der Waals surface area contributed by atoms with Crippen molar-refractivity contribution in [1.29, 1.82) is 0 Å². The fourth-order valence-electron chi connectivity index (χ4n) is 12.1. The molecule has 68 heavy (non-hydrogen) atoms. The molecule has 1 N–H and O–H groups in total. The van der Waals surface area contributed by atoms with Crippen molar-refractivity contribution in [3.8, 4) is 17.2 Å². The average molecular weight is 940 g/mol. The molecule has 1 spiro atoms. The summed E-state index contributed by atoms with van der Waals surface area (Å²) < 4.78 is 82.7. The van der Waals surface area contributed by atoms with Gasteiger partial charge in [-0.15, -0.1) is 0 Å². The molecule has 3 aromatic carbocycles. The van der Waals surface area contributed by atoms with Gasteiger partial charge in [-0.1, -0.05) is 24.2 Å². The van der Waals surface area contributed by atoms with Crippen LogP contribution in [-0.2, 0) is 26.7 Å². The highest BCUT2D eigenvalue weighted by molar-refractivity contribution is 7.89. The summed E-state index contributed by atoms with van der Waals surface area (Å²) in [5.41, 5.74) is 2.54. The summed E-state index contributed by atoms with van der Waals surface area (Å²) in [6.45, 7) is 6.01. The van der Waals surface area contributed by atoms with Crippen molar-refractivity contribution in [2.45, 2.75) is 113 Å². The zero-order valence-corrected chi connectivity index (χ0v) is 38.4. The van der Waals surface area contributed by atoms with Crippen LogP contribution < -0.4 is 11.4 Å². The van der Waals surface area contributed by atoms with Gasteiger partial charge in [0.2, 0.25) is 0 Å². The number of rotatable bonds is 8. The van der Waals surface area contributed by atoms with E-state index in [1.54, 1.807) is 65.6 Å². The van der Waals surface area contributed by atoms with Crippen LogP contribution in [0.3, 0.4) is 0 Å². The van der Waals surface area contributed by atoms with E-state index in [4.69, 9.17) is 14.4 Å².